The molecule has 0 atom stereocenters. The van der Waals surface area contributed by atoms with Crippen molar-refractivity contribution in [2.75, 3.05) is 32.8 Å². The fraction of sp³-hybridized carbons (Fsp3) is 0.889. The number of morpholine rings is 1. The average molecular weight is 265 g/mol. The summed E-state index contributed by atoms with van der Waals surface area (Å²) in [4.78, 5) is 11.3. The molecule has 2 amide bonds. The molecule has 0 aromatic carbocycles. The Morgan fingerprint density at radius 2 is 2.00 bits per heavy atom. The fourth-order valence-electron chi connectivity index (χ4n) is 1.38. The van der Waals surface area contributed by atoms with Crippen molar-refractivity contribution >= 4 is 16.2 Å². The van der Waals surface area contributed by atoms with Crippen LogP contribution in [0.2, 0.25) is 0 Å². The first kappa shape index (κ1) is 14.2. The third kappa shape index (κ3) is 4.88. The first-order chi connectivity index (χ1) is 8.06. The zero-order valence-corrected chi connectivity index (χ0v) is 10.8. The zero-order valence-electron chi connectivity index (χ0n) is 9.94. The number of urea groups is 1. The molecule has 0 saturated carbocycles. The monoisotopic (exact) mass is 265 g/mol. The van der Waals surface area contributed by atoms with Crippen molar-refractivity contribution in [1.29, 1.82) is 0 Å². The first-order valence-corrected chi connectivity index (χ1v) is 7.13. The van der Waals surface area contributed by atoms with E-state index >= 15 is 0 Å². The number of nitrogens with zero attached hydrogens (tertiary/aromatic N) is 1. The number of unbranched alkanes of at least 4 members (excludes halogenated alkanes) is 1. The number of hydrogen-bond donors (Lipinski definition) is 2. The second-order valence-corrected chi connectivity index (χ2v) is 5.40. The van der Waals surface area contributed by atoms with Crippen LogP contribution in [0.25, 0.3) is 0 Å². The minimum atomic E-state index is -3.73. The van der Waals surface area contributed by atoms with Gasteiger partial charge in [-0.3, -0.25) is 0 Å². The Balaban J connectivity index is 2.39. The van der Waals surface area contributed by atoms with Crippen LogP contribution in [0.5, 0.6) is 0 Å². The Hall–Kier alpha value is -0.860. The van der Waals surface area contributed by atoms with Crippen molar-refractivity contribution in [2.45, 2.75) is 19.8 Å². The highest BCUT2D eigenvalue weighted by atomic mass is 32.2. The van der Waals surface area contributed by atoms with Gasteiger partial charge in [0.1, 0.15) is 0 Å². The molecular weight excluding hydrogens is 246 g/mol. The molecular formula is C9H19N3O4S. The first-order valence-electron chi connectivity index (χ1n) is 5.69. The van der Waals surface area contributed by atoms with Gasteiger partial charge in [-0.15, -0.1) is 0 Å². The molecule has 0 unspecified atom stereocenters. The van der Waals surface area contributed by atoms with Crippen LogP contribution in [-0.2, 0) is 14.9 Å². The van der Waals surface area contributed by atoms with Gasteiger partial charge in [-0.2, -0.15) is 12.7 Å². The summed E-state index contributed by atoms with van der Waals surface area (Å²) in [6.07, 6.45) is 1.77. The summed E-state index contributed by atoms with van der Waals surface area (Å²) in [5.41, 5.74) is 0. The molecule has 0 aromatic heterocycles. The van der Waals surface area contributed by atoms with Crippen LogP contribution >= 0.6 is 0 Å². The molecule has 1 aliphatic rings. The number of hydrogen-bond acceptors (Lipinski definition) is 4. The Kier molecular flexibility index (Phi) is 5.66. The van der Waals surface area contributed by atoms with E-state index in [0.29, 0.717) is 19.8 Å². The van der Waals surface area contributed by atoms with Crippen molar-refractivity contribution in [3.05, 3.63) is 0 Å². The van der Waals surface area contributed by atoms with Gasteiger partial charge in [0.25, 0.3) is 0 Å². The molecule has 0 aliphatic carbocycles. The summed E-state index contributed by atoms with van der Waals surface area (Å²) in [5, 5.41) is 2.49. The van der Waals surface area contributed by atoms with Gasteiger partial charge >= 0.3 is 16.2 Å². The molecule has 0 radical (unpaired) electrons. The van der Waals surface area contributed by atoms with Crippen LogP contribution < -0.4 is 10.0 Å². The number of ether oxygens (including phenoxy) is 1. The van der Waals surface area contributed by atoms with E-state index < -0.39 is 16.2 Å². The lowest BCUT2D eigenvalue weighted by molar-refractivity contribution is 0.0726. The molecule has 8 heteroatoms. The highest BCUT2D eigenvalue weighted by molar-refractivity contribution is 7.87. The van der Waals surface area contributed by atoms with Crippen LogP contribution in [0.3, 0.4) is 0 Å². The standard InChI is InChI=1S/C9H19N3O4S/c1-2-3-4-10-9(13)11-17(14,15)12-5-7-16-8-6-12/h2-8H2,1H3,(H2,10,11,13). The summed E-state index contributed by atoms with van der Waals surface area (Å²) in [6.45, 7) is 3.73. The van der Waals surface area contributed by atoms with Gasteiger partial charge in [-0.1, -0.05) is 13.3 Å². The quantitative estimate of drug-likeness (QED) is 0.666. The topological polar surface area (TPSA) is 87.7 Å². The smallest absolute Gasteiger partial charge is 0.329 e. The molecule has 17 heavy (non-hydrogen) atoms. The van der Waals surface area contributed by atoms with E-state index in [-0.39, 0.29) is 13.1 Å². The van der Waals surface area contributed by atoms with Crippen LogP contribution in [0.4, 0.5) is 4.79 Å². The number of rotatable bonds is 5. The summed E-state index contributed by atoms with van der Waals surface area (Å²) >= 11 is 0. The molecule has 0 spiro atoms. The normalized spacial score (nSPS) is 17.7. The molecule has 1 saturated heterocycles. The molecule has 0 bridgehead atoms. The number of nitrogens with one attached hydrogen (secondary N) is 2. The number of carbonyl (C=O) groups is 1. The Bertz CT molecular complexity index is 338. The molecule has 1 heterocycles. The zero-order chi connectivity index (χ0) is 12.7. The summed E-state index contributed by atoms with van der Waals surface area (Å²) in [7, 11) is -3.73. The van der Waals surface area contributed by atoms with Gasteiger partial charge in [-0.25, -0.2) is 9.52 Å². The molecule has 1 aliphatic heterocycles. The van der Waals surface area contributed by atoms with E-state index in [0.717, 1.165) is 12.8 Å². The van der Waals surface area contributed by atoms with Crippen molar-refractivity contribution < 1.29 is 17.9 Å². The Labute approximate surface area is 102 Å². The summed E-state index contributed by atoms with van der Waals surface area (Å²) in [5.74, 6) is 0. The molecule has 0 aromatic rings. The Morgan fingerprint density at radius 1 is 1.35 bits per heavy atom. The van der Waals surface area contributed by atoms with Crippen LogP contribution in [0.15, 0.2) is 0 Å². The Morgan fingerprint density at radius 3 is 2.59 bits per heavy atom. The van der Waals surface area contributed by atoms with E-state index in [1.165, 1.54) is 4.31 Å². The van der Waals surface area contributed by atoms with E-state index in [1.807, 2.05) is 11.6 Å². The second kappa shape index (κ2) is 6.77. The maximum atomic E-state index is 11.7. The minimum Gasteiger partial charge on any atom is -0.379 e. The average Bonchev–Trinajstić information content (AvgIpc) is 2.30. The highest BCUT2D eigenvalue weighted by Gasteiger charge is 2.25. The maximum absolute atomic E-state index is 11.7. The molecule has 2 N–H and O–H groups in total. The van der Waals surface area contributed by atoms with Crippen molar-refractivity contribution in [3.63, 3.8) is 0 Å². The SMILES string of the molecule is CCCCNC(=O)NS(=O)(=O)N1CCOCC1. The van der Waals surface area contributed by atoms with Gasteiger partial charge in [0.15, 0.2) is 0 Å². The van der Waals surface area contributed by atoms with E-state index in [2.05, 4.69) is 5.32 Å². The van der Waals surface area contributed by atoms with Gasteiger partial charge in [0.2, 0.25) is 0 Å². The molecule has 1 rings (SSSR count). The van der Waals surface area contributed by atoms with Gasteiger partial charge in [0, 0.05) is 19.6 Å². The van der Waals surface area contributed by atoms with Gasteiger partial charge in [0.05, 0.1) is 13.2 Å². The van der Waals surface area contributed by atoms with Crippen LogP contribution in [0.1, 0.15) is 19.8 Å². The van der Waals surface area contributed by atoms with Gasteiger partial charge < -0.3 is 10.1 Å². The lowest BCUT2D eigenvalue weighted by Gasteiger charge is -2.25. The van der Waals surface area contributed by atoms with E-state index in [4.69, 9.17) is 4.74 Å². The van der Waals surface area contributed by atoms with Crippen molar-refractivity contribution in [1.82, 2.24) is 14.3 Å². The van der Waals surface area contributed by atoms with Crippen LogP contribution in [0, 0.1) is 0 Å². The summed E-state index contributed by atoms with van der Waals surface area (Å²) < 4.78 is 31.7. The van der Waals surface area contributed by atoms with E-state index in [9.17, 15) is 13.2 Å². The molecule has 100 valence electrons. The van der Waals surface area contributed by atoms with Crippen molar-refractivity contribution in [3.8, 4) is 0 Å². The lowest BCUT2D eigenvalue weighted by Crippen LogP contribution is -2.50. The predicted molar refractivity (Wildman–Crippen MR) is 62.8 cm³/mol. The third-order valence-corrected chi connectivity index (χ3v) is 3.84. The predicted octanol–water partition coefficient (Wildman–Crippen LogP) is -0.337. The number of amides is 2. The highest BCUT2D eigenvalue weighted by Crippen LogP contribution is 2.02. The van der Waals surface area contributed by atoms with E-state index in [1.54, 1.807) is 0 Å². The minimum absolute atomic E-state index is 0.275. The number of carbonyl (C=O) groups excluding carboxylic acids is 1. The fourth-order valence-corrected chi connectivity index (χ4v) is 2.45. The van der Waals surface area contributed by atoms with Crippen molar-refractivity contribution in [2.24, 2.45) is 0 Å². The maximum Gasteiger partial charge on any atom is 0.329 e. The lowest BCUT2D eigenvalue weighted by atomic mass is 10.3. The largest absolute Gasteiger partial charge is 0.379 e. The van der Waals surface area contributed by atoms with Crippen LogP contribution in [-0.4, -0.2) is 51.6 Å². The third-order valence-electron chi connectivity index (χ3n) is 2.35. The molecule has 1 fully saturated rings. The summed E-state index contributed by atoms with van der Waals surface area (Å²) in [6, 6.07) is -0.676. The molecule has 7 nitrogen and oxygen atoms in total. The second-order valence-electron chi connectivity index (χ2n) is 3.73. The van der Waals surface area contributed by atoms with Gasteiger partial charge in [-0.05, 0) is 6.42 Å².